The number of carbonyl (C=O) groups excluding carboxylic acids is 1. The predicted octanol–water partition coefficient (Wildman–Crippen LogP) is 4.99. The summed E-state index contributed by atoms with van der Waals surface area (Å²) >= 11 is 13.2. The first-order valence-corrected chi connectivity index (χ1v) is 7.43. The number of fused-ring (bicyclic) bond motifs is 1. The molecule has 0 saturated carbocycles. The minimum Gasteiger partial charge on any atom is -0.298 e. The number of nitrogens with one attached hydrogen (secondary N) is 1. The van der Waals surface area contributed by atoms with Gasteiger partial charge in [0.15, 0.2) is 5.13 Å². The van der Waals surface area contributed by atoms with Gasteiger partial charge in [0.05, 0.1) is 9.72 Å². The summed E-state index contributed by atoms with van der Waals surface area (Å²) in [4.78, 5) is 16.3. The van der Waals surface area contributed by atoms with Gasteiger partial charge in [-0.25, -0.2) is 9.37 Å². The molecule has 0 bridgehead atoms. The average Bonchev–Trinajstić information content (AvgIpc) is 2.82. The lowest BCUT2D eigenvalue weighted by Crippen LogP contribution is -2.11. The fourth-order valence-corrected chi connectivity index (χ4v) is 3.36. The molecule has 0 fully saturated rings. The van der Waals surface area contributed by atoms with Crippen LogP contribution in [0.1, 0.15) is 10.4 Å². The molecule has 0 aliphatic rings. The highest BCUT2D eigenvalue weighted by atomic mass is 35.5. The van der Waals surface area contributed by atoms with E-state index in [1.165, 1.54) is 35.6 Å². The number of anilines is 1. The molecule has 1 heterocycles. The molecule has 2 aromatic carbocycles. The van der Waals surface area contributed by atoms with Gasteiger partial charge in [0.2, 0.25) is 0 Å². The van der Waals surface area contributed by atoms with Crippen molar-refractivity contribution in [2.75, 3.05) is 5.32 Å². The van der Waals surface area contributed by atoms with Crippen LogP contribution in [0.15, 0.2) is 36.4 Å². The van der Waals surface area contributed by atoms with Gasteiger partial charge in [-0.3, -0.25) is 10.1 Å². The summed E-state index contributed by atoms with van der Waals surface area (Å²) in [5.74, 6) is -0.760. The Morgan fingerprint density at radius 2 is 1.90 bits per heavy atom. The Bertz CT molecular complexity index is 833. The summed E-state index contributed by atoms with van der Waals surface area (Å²) in [6.45, 7) is 0. The first-order valence-electron chi connectivity index (χ1n) is 5.85. The Morgan fingerprint density at radius 3 is 2.62 bits per heavy atom. The van der Waals surface area contributed by atoms with Crippen LogP contribution in [0.2, 0.25) is 10.0 Å². The van der Waals surface area contributed by atoms with Gasteiger partial charge in [0.25, 0.3) is 5.91 Å². The molecule has 0 unspecified atom stereocenters. The van der Waals surface area contributed by atoms with Crippen molar-refractivity contribution in [3.8, 4) is 0 Å². The highest BCUT2D eigenvalue weighted by Gasteiger charge is 2.12. The molecule has 1 aromatic heterocycles. The van der Waals surface area contributed by atoms with Gasteiger partial charge in [0, 0.05) is 10.6 Å². The molecule has 3 nitrogen and oxygen atoms in total. The highest BCUT2D eigenvalue weighted by Crippen LogP contribution is 2.33. The van der Waals surface area contributed by atoms with Crippen molar-refractivity contribution in [1.29, 1.82) is 0 Å². The third kappa shape index (κ3) is 3.00. The number of amides is 1. The van der Waals surface area contributed by atoms with E-state index >= 15 is 0 Å². The van der Waals surface area contributed by atoms with Crippen molar-refractivity contribution in [3.05, 3.63) is 57.8 Å². The number of carbonyl (C=O) groups is 1. The quantitative estimate of drug-likeness (QED) is 0.713. The van der Waals surface area contributed by atoms with Crippen molar-refractivity contribution in [2.24, 2.45) is 0 Å². The predicted molar refractivity (Wildman–Crippen MR) is 84.0 cm³/mol. The molecule has 0 atom stereocenters. The Balaban J connectivity index is 1.89. The van der Waals surface area contributed by atoms with Crippen LogP contribution in [0.3, 0.4) is 0 Å². The Morgan fingerprint density at radius 1 is 1.19 bits per heavy atom. The molecular formula is C14H7Cl2FN2OS. The minimum absolute atomic E-state index is 0.347. The van der Waals surface area contributed by atoms with Crippen LogP contribution in [0.25, 0.3) is 10.2 Å². The lowest BCUT2D eigenvalue weighted by molar-refractivity contribution is 0.102. The zero-order chi connectivity index (χ0) is 15.0. The molecule has 3 aromatic rings. The fraction of sp³-hybridized carbons (Fsp3) is 0. The van der Waals surface area contributed by atoms with Gasteiger partial charge >= 0.3 is 0 Å². The number of thiazole rings is 1. The van der Waals surface area contributed by atoms with E-state index in [4.69, 9.17) is 23.2 Å². The second-order valence-electron chi connectivity index (χ2n) is 4.21. The van der Waals surface area contributed by atoms with E-state index in [9.17, 15) is 9.18 Å². The third-order valence-electron chi connectivity index (χ3n) is 2.74. The van der Waals surface area contributed by atoms with Gasteiger partial charge in [-0.2, -0.15) is 0 Å². The first-order chi connectivity index (χ1) is 10.0. The molecule has 0 aliphatic heterocycles. The van der Waals surface area contributed by atoms with Crippen molar-refractivity contribution < 1.29 is 9.18 Å². The normalized spacial score (nSPS) is 10.8. The summed E-state index contributed by atoms with van der Waals surface area (Å²) in [5.41, 5.74) is 0.931. The smallest absolute Gasteiger partial charge is 0.257 e. The third-order valence-corrected chi connectivity index (χ3v) is 4.16. The zero-order valence-corrected chi connectivity index (χ0v) is 12.7. The van der Waals surface area contributed by atoms with E-state index in [1.807, 2.05) is 0 Å². The molecule has 1 N–H and O–H groups in total. The first kappa shape index (κ1) is 14.3. The average molecular weight is 341 g/mol. The number of nitrogens with zero attached hydrogens (tertiary/aromatic N) is 1. The molecule has 106 valence electrons. The van der Waals surface area contributed by atoms with E-state index in [-0.39, 0.29) is 5.91 Å². The second kappa shape index (κ2) is 5.60. The van der Waals surface area contributed by atoms with E-state index in [0.717, 1.165) is 4.70 Å². The molecule has 0 spiro atoms. The monoisotopic (exact) mass is 340 g/mol. The molecule has 0 radical (unpaired) electrons. The van der Waals surface area contributed by atoms with Crippen molar-refractivity contribution in [3.63, 3.8) is 0 Å². The number of hydrogen-bond donors (Lipinski definition) is 1. The molecular weight excluding hydrogens is 334 g/mol. The lowest BCUT2D eigenvalue weighted by Gasteiger charge is -2.00. The summed E-state index contributed by atoms with van der Waals surface area (Å²) in [6, 6.07) is 8.59. The van der Waals surface area contributed by atoms with Gasteiger partial charge in [-0.1, -0.05) is 34.5 Å². The zero-order valence-electron chi connectivity index (χ0n) is 10.4. The van der Waals surface area contributed by atoms with Crippen LogP contribution < -0.4 is 5.32 Å². The van der Waals surface area contributed by atoms with Gasteiger partial charge in [0.1, 0.15) is 11.3 Å². The molecule has 1 amide bonds. The molecule has 0 saturated heterocycles. The molecule has 7 heteroatoms. The summed E-state index contributed by atoms with van der Waals surface area (Å²) in [5, 5.41) is 4.00. The SMILES string of the molecule is O=C(Nc1nc2c(Cl)cc(Cl)cc2s1)c1ccc(F)cc1. The minimum atomic E-state index is -0.395. The van der Waals surface area contributed by atoms with Crippen LogP contribution in [0.5, 0.6) is 0 Å². The van der Waals surface area contributed by atoms with Crippen LogP contribution >= 0.6 is 34.5 Å². The fourth-order valence-electron chi connectivity index (χ4n) is 1.78. The molecule has 3 rings (SSSR count). The Kier molecular flexibility index (Phi) is 3.80. The topological polar surface area (TPSA) is 42.0 Å². The Labute approximate surface area is 133 Å². The van der Waals surface area contributed by atoms with Crippen LogP contribution in [-0.2, 0) is 0 Å². The Hall–Kier alpha value is -1.69. The van der Waals surface area contributed by atoms with E-state index in [0.29, 0.717) is 26.3 Å². The largest absolute Gasteiger partial charge is 0.298 e. The number of aromatic nitrogens is 1. The van der Waals surface area contributed by atoms with Crippen LogP contribution in [0, 0.1) is 5.82 Å². The maximum atomic E-state index is 12.8. The summed E-state index contributed by atoms with van der Waals surface area (Å²) in [7, 11) is 0. The lowest BCUT2D eigenvalue weighted by atomic mass is 10.2. The number of benzene rings is 2. The molecule has 0 aliphatic carbocycles. The van der Waals surface area contributed by atoms with Crippen LogP contribution in [-0.4, -0.2) is 10.9 Å². The van der Waals surface area contributed by atoms with Crippen molar-refractivity contribution in [1.82, 2.24) is 4.98 Å². The standard InChI is InChI=1S/C14H7Cl2FN2OS/c15-8-5-10(16)12-11(6-8)21-14(18-12)19-13(20)7-1-3-9(17)4-2-7/h1-6H,(H,18,19,20). The summed E-state index contributed by atoms with van der Waals surface area (Å²) < 4.78 is 13.6. The number of hydrogen-bond acceptors (Lipinski definition) is 3. The summed E-state index contributed by atoms with van der Waals surface area (Å²) in [6.07, 6.45) is 0. The maximum absolute atomic E-state index is 12.8. The van der Waals surface area contributed by atoms with Gasteiger partial charge in [-0.05, 0) is 36.4 Å². The van der Waals surface area contributed by atoms with Crippen LogP contribution in [0.4, 0.5) is 9.52 Å². The number of rotatable bonds is 2. The highest BCUT2D eigenvalue weighted by molar-refractivity contribution is 7.22. The molecule has 21 heavy (non-hydrogen) atoms. The second-order valence-corrected chi connectivity index (χ2v) is 6.09. The number of halogens is 3. The van der Waals surface area contributed by atoms with Gasteiger partial charge < -0.3 is 0 Å². The maximum Gasteiger partial charge on any atom is 0.257 e. The van der Waals surface area contributed by atoms with Gasteiger partial charge in [-0.15, -0.1) is 0 Å². The van der Waals surface area contributed by atoms with Crippen molar-refractivity contribution >= 4 is 55.8 Å². The van der Waals surface area contributed by atoms with E-state index < -0.39 is 5.82 Å². The van der Waals surface area contributed by atoms with Crippen molar-refractivity contribution in [2.45, 2.75) is 0 Å². The van der Waals surface area contributed by atoms with E-state index in [2.05, 4.69) is 10.3 Å². The van der Waals surface area contributed by atoms with E-state index in [1.54, 1.807) is 12.1 Å².